The Kier molecular flexibility index (Phi) is 6.10. The van der Waals surface area contributed by atoms with Gasteiger partial charge in [0.05, 0.1) is 23.8 Å². The highest BCUT2D eigenvalue weighted by Crippen LogP contribution is 2.29. The third-order valence-corrected chi connectivity index (χ3v) is 7.13. The summed E-state index contributed by atoms with van der Waals surface area (Å²) in [5, 5.41) is 2.63. The van der Waals surface area contributed by atoms with Crippen LogP contribution in [0.2, 0.25) is 5.02 Å². The predicted octanol–water partition coefficient (Wildman–Crippen LogP) is 4.01. The van der Waals surface area contributed by atoms with E-state index in [0.29, 0.717) is 13.2 Å². The molecular formula is C21H18ClFN2O5S. The minimum atomic E-state index is -3.85. The molecule has 0 spiro atoms. The molecule has 2 aromatic carbocycles. The lowest BCUT2D eigenvalue weighted by Gasteiger charge is -2.26. The van der Waals surface area contributed by atoms with E-state index in [1.54, 1.807) is 12.1 Å². The average Bonchev–Trinajstić information content (AvgIpc) is 3.26. The zero-order valence-electron chi connectivity index (χ0n) is 16.2. The molecule has 7 nitrogen and oxygen atoms in total. The van der Waals surface area contributed by atoms with E-state index in [9.17, 15) is 17.6 Å². The Morgan fingerprint density at radius 1 is 1.06 bits per heavy atom. The molecule has 2 heterocycles. The summed E-state index contributed by atoms with van der Waals surface area (Å²) < 4.78 is 51.8. The molecule has 3 aromatic rings. The van der Waals surface area contributed by atoms with Gasteiger partial charge in [0, 0.05) is 18.8 Å². The molecule has 4 rings (SSSR count). The summed E-state index contributed by atoms with van der Waals surface area (Å²) in [6.07, 6.45) is 0. The largest absolute Gasteiger partial charge is 0.451 e. The lowest BCUT2D eigenvalue weighted by Crippen LogP contribution is -2.40. The molecule has 10 heteroatoms. The summed E-state index contributed by atoms with van der Waals surface area (Å²) in [7, 11) is -3.85. The maximum absolute atomic E-state index is 13.9. The first-order valence-electron chi connectivity index (χ1n) is 9.40. The second-order valence-electron chi connectivity index (χ2n) is 6.76. The van der Waals surface area contributed by atoms with Crippen LogP contribution in [-0.4, -0.2) is 44.9 Å². The second-order valence-corrected chi connectivity index (χ2v) is 9.07. The Morgan fingerprint density at radius 3 is 2.55 bits per heavy atom. The minimum absolute atomic E-state index is 0.0457. The van der Waals surface area contributed by atoms with E-state index in [1.165, 1.54) is 46.8 Å². The molecule has 0 unspecified atom stereocenters. The molecule has 1 aliphatic heterocycles. The van der Waals surface area contributed by atoms with Crippen LogP contribution in [0.15, 0.2) is 63.9 Å². The van der Waals surface area contributed by atoms with Crippen molar-refractivity contribution in [2.24, 2.45) is 0 Å². The number of ether oxygens (including phenoxy) is 1. The molecule has 1 amide bonds. The molecule has 0 saturated carbocycles. The van der Waals surface area contributed by atoms with E-state index < -0.39 is 21.7 Å². The molecule has 31 heavy (non-hydrogen) atoms. The van der Waals surface area contributed by atoms with Crippen LogP contribution in [0.5, 0.6) is 0 Å². The monoisotopic (exact) mass is 464 g/mol. The first kappa shape index (κ1) is 21.5. The van der Waals surface area contributed by atoms with Gasteiger partial charge in [-0.15, -0.1) is 0 Å². The number of amides is 1. The van der Waals surface area contributed by atoms with Crippen molar-refractivity contribution < 1.29 is 26.8 Å². The molecule has 0 radical (unpaired) electrons. The number of nitrogens with zero attached hydrogens (tertiary/aromatic N) is 1. The Morgan fingerprint density at radius 2 is 1.81 bits per heavy atom. The SMILES string of the molecule is O=C(Nc1ccc(Cl)c(S(=O)(=O)N2CCOCC2)c1)c1ccc(-c2ccccc2F)o1. The van der Waals surface area contributed by atoms with Crippen LogP contribution < -0.4 is 5.32 Å². The van der Waals surface area contributed by atoms with Gasteiger partial charge in [0.2, 0.25) is 10.0 Å². The van der Waals surface area contributed by atoms with Gasteiger partial charge in [-0.1, -0.05) is 23.7 Å². The van der Waals surface area contributed by atoms with Crippen molar-refractivity contribution in [1.29, 1.82) is 0 Å². The van der Waals surface area contributed by atoms with Gasteiger partial charge in [0.25, 0.3) is 5.91 Å². The number of hydrogen-bond donors (Lipinski definition) is 1. The van der Waals surface area contributed by atoms with Crippen LogP contribution >= 0.6 is 11.6 Å². The van der Waals surface area contributed by atoms with Gasteiger partial charge in [-0.3, -0.25) is 4.79 Å². The van der Waals surface area contributed by atoms with Crippen LogP contribution in [-0.2, 0) is 14.8 Å². The Balaban J connectivity index is 1.56. The van der Waals surface area contributed by atoms with E-state index in [4.69, 9.17) is 20.8 Å². The zero-order valence-corrected chi connectivity index (χ0v) is 17.7. The van der Waals surface area contributed by atoms with Crippen molar-refractivity contribution in [1.82, 2.24) is 4.31 Å². The van der Waals surface area contributed by atoms with Gasteiger partial charge >= 0.3 is 0 Å². The third-order valence-electron chi connectivity index (χ3n) is 4.75. The molecule has 1 saturated heterocycles. The van der Waals surface area contributed by atoms with Gasteiger partial charge < -0.3 is 14.5 Å². The van der Waals surface area contributed by atoms with Crippen LogP contribution in [0.25, 0.3) is 11.3 Å². The normalized spacial score (nSPS) is 15.0. The summed E-state index contributed by atoms with van der Waals surface area (Å²) in [6.45, 7) is 1.05. The fraction of sp³-hybridized carbons (Fsp3) is 0.190. The van der Waals surface area contributed by atoms with Crippen molar-refractivity contribution >= 4 is 33.2 Å². The van der Waals surface area contributed by atoms with E-state index in [-0.39, 0.29) is 45.8 Å². The summed E-state index contributed by atoms with van der Waals surface area (Å²) in [4.78, 5) is 12.5. The fourth-order valence-corrected chi connectivity index (χ4v) is 5.07. The van der Waals surface area contributed by atoms with E-state index in [1.807, 2.05) is 0 Å². The van der Waals surface area contributed by atoms with Gasteiger partial charge in [-0.25, -0.2) is 12.8 Å². The van der Waals surface area contributed by atoms with Crippen LogP contribution in [0.1, 0.15) is 10.6 Å². The lowest BCUT2D eigenvalue weighted by molar-refractivity contribution is 0.0730. The first-order valence-corrected chi connectivity index (χ1v) is 11.2. The fourth-order valence-electron chi connectivity index (χ4n) is 3.16. The molecule has 1 aromatic heterocycles. The standard InChI is InChI=1S/C21H18ClFN2O5S/c22-16-6-5-14(13-20(16)31(27,28)25-9-11-29-12-10-25)24-21(26)19-8-7-18(30-19)15-3-1-2-4-17(15)23/h1-8,13H,9-12H2,(H,24,26). The van der Waals surface area contributed by atoms with E-state index >= 15 is 0 Å². The number of nitrogens with one attached hydrogen (secondary N) is 1. The molecule has 1 fully saturated rings. The van der Waals surface area contributed by atoms with Gasteiger partial charge in [0.1, 0.15) is 16.5 Å². The molecular weight excluding hydrogens is 447 g/mol. The highest BCUT2D eigenvalue weighted by Gasteiger charge is 2.29. The number of benzene rings is 2. The van der Waals surface area contributed by atoms with Crippen molar-refractivity contribution in [3.63, 3.8) is 0 Å². The van der Waals surface area contributed by atoms with Gasteiger partial charge in [-0.05, 0) is 42.5 Å². The number of carbonyl (C=O) groups excluding carboxylic acids is 1. The number of carbonyl (C=O) groups is 1. The lowest BCUT2D eigenvalue weighted by atomic mass is 10.1. The average molecular weight is 465 g/mol. The van der Waals surface area contributed by atoms with Crippen molar-refractivity contribution in [2.75, 3.05) is 31.6 Å². The van der Waals surface area contributed by atoms with Gasteiger partial charge in [0.15, 0.2) is 5.76 Å². The summed E-state index contributed by atoms with van der Waals surface area (Å²) in [6, 6.07) is 13.1. The number of morpholine rings is 1. The highest BCUT2D eigenvalue weighted by atomic mass is 35.5. The quantitative estimate of drug-likeness (QED) is 0.616. The van der Waals surface area contributed by atoms with Crippen molar-refractivity contribution in [2.45, 2.75) is 4.90 Å². The van der Waals surface area contributed by atoms with Crippen LogP contribution in [0, 0.1) is 5.82 Å². The highest BCUT2D eigenvalue weighted by molar-refractivity contribution is 7.89. The topological polar surface area (TPSA) is 88.9 Å². The zero-order chi connectivity index (χ0) is 22.0. The smallest absolute Gasteiger partial charge is 0.291 e. The molecule has 162 valence electrons. The van der Waals surface area contributed by atoms with Crippen molar-refractivity contribution in [3.05, 3.63) is 71.2 Å². The molecule has 0 aliphatic carbocycles. The molecule has 1 aliphatic rings. The van der Waals surface area contributed by atoms with Crippen LogP contribution in [0.4, 0.5) is 10.1 Å². The maximum Gasteiger partial charge on any atom is 0.291 e. The number of sulfonamides is 1. The van der Waals surface area contributed by atoms with Crippen molar-refractivity contribution in [3.8, 4) is 11.3 Å². The van der Waals surface area contributed by atoms with E-state index in [2.05, 4.69) is 5.32 Å². The van der Waals surface area contributed by atoms with Crippen LogP contribution in [0.3, 0.4) is 0 Å². The van der Waals surface area contributed by atoms with Gasteiger partial charge in [-0.2, -0.15) is 4.31 Å². The maximum atomic E-state index is 13.9. The Labute approximate surface area is 183 Å². The minimum Gasteiger partial charge on any atom is -0.451 e. The van der Waals surface area contributed by atoms with E-state index in [0.717, 1.165) is 0 Å². The summed E-state index contributed by atoms with van der Waals surface area (Å²) >= 11 is 6.14. The number of rotatable bonds is 5. The molecule has 0 bridgehead atoms. The number of hydrogen-bond acceptors (Lipinski definition) is 5. The number of halogens is 2. The first-order chi connectivity index (χ1) is 14.9. The summed E-state index contributed by atoms with van der Waals surface area (Å²) in [5.74, 6) is -0.931. The Bertz CT molecular complexity index is 1220. The third kappa shape index (κ3) is 4.49. The Hall–Kier alpha value is -2.72. The summed E-state index contributed by atoms with van der Waals surface area (Å²) in [5.41, 5.74) is 0.456. The predicted molar refractivity (Wildman–Crippen MR) is 113 cm³/mol. The number of anilines is 1. The molecule has 0 atom stereocenters. The second kappa shape index (κ2) is 8.80. The number of furan rings is 1. The molecule has 1 N–H and O–H groups in total.